The number of nitro groups is 1. The van der Waals surface area contributed by atoms with Crippen LogP contribution in [0, 0.1) is 10.1 Å². The first-order valence-corrected chi connectivity index (χ1v) is 5.71. The summed E-state index contributed by atoms with van der Waals surface area (Å²) in [6.07, 6.45) is 2.12. The monoisotopic (exact) mass is 216 g/mol. The number of nitrogens with zero attached hydrogens (tertiary/aromatic N) is 2. The lowest BCUT2D eigenvalue weighted by Gasteiger charge is -1.97. The van der Waals surface area contributed by atoms with Gasteiger partial charge in [-0.25, -0.2) is 8.42 Å². The summed E-state index contributed by atoms with van der Waals surface area (Å²) in [5, 5.41) is 10.2. The predicted molar refractivity (Wildman–Crippen MR) is 49.4 cm³/mol. The van der Waals surface area contributed by atoms with Crippen LogP contribution in [0.5, 0.6) is 0 Å². The minimum absolute atomic E-state index is 0.151. The molecule has 0 radical (unpaired) electrons. The van der Waals surface area contributed by atoms with E-state index in [1.54, 1.807) is 0 Å². The van der Waals surface area contributed by atoms with Gasteiger partial charge in [0.2, 0.25) is 0 Å². The molecule has 0 spiro atoms. The third-order valence-electron chi connectivity index (χ3n) is 1.43. The molecule has 7 heteroatoms. The van der Waals surface area contributed by atoms with Gasteiger partial charge < -0.3 is 0 Å². The molecule has 6 nitrogen and oxygen atoms in total. The van der Waals surface area contributed by atoms with Crippen molar-refractivity contribution in [1.82, 2.24) is 4.98 Å². The first-order valence-electron chi connectivity index (χ1n) is 3.65. The van der Waals surface area contributed by atoms with Crippen molar-refractivity contribution in [3.8, 4) is 0 Å². The summed E-state index contributed by atoms with van der Waals surface area (Å²) in [6, 6.07) is 2.56. The maximum absolute atomic E-state index is 10.8. The molecule has 0 saturated carbocycles. The van der Waals surface area contributed by atoms with Crippen LogP contribution in [0.1, 0.15) is 5.69 Å². The van der Waals surface area contributed by atoms with Gasteiger partial charge in [0.25, 0.3) is 5.69 Å². The smallest absolute Gasteiger partial charge is 0.258 e. The van der Waals surface area contributed by atoms with Crippen LogP contribution in [0.3, 0.4) is 0 Å². The largest absolute Gasteiger partial charge is 0.287 e. The summed E-state index contributed by atoms with van der Waals surface area (Å²) in [5.74, 6) is -0.203. The molecule has 1 aromatic rings. The van der Waals surface area contributed by atoms with Gasteiger partial charge in [0.15, 0.2) is 9.84 Å². The van der Waals surface area contributed by atoms with Gasteiger partial charge in [-0.1, -0.05) is 0 Å². The van der Waals surface area contributed by atoms with Crippen LogP contribution in [0.15, 0.2) is 18.3 Å². The van der Waals surface area contributed by atoms with E-state index in [1.807, 2.05) is 0 Å². The first-order chi connectivity index (χ1) is 6.38. The second-order valence-electron chi connectivity index (χ2n) is 2.83. The van der Waals surface area contributed by atoms with Gasteiger partial charge in [0.1, 0.15) is 6.20 Å². The number of sulfone groups is 1. The van der Waals surface area contributed by atoms with Crippen molar-refractivity contribution in [3.05, 3.63) is 34.1 Å². The average Bonchev–Trinajstić information content (AvgIpc) is 2.02. The number of hydrogen-bond donors (Lipinski definition) is 0. The highest BCUT2D eigenvalue weighted by Gasteiger charge is 2.08. The number of hydrogen-bond acceptors (Lipinski definition) is 5. The van der Waals surface area contributed by atoms with Gasteiger partial charge in [0, 0.05) is 12.3 Å². The zero-order valence-corrected chi connectivity index (χ0v) is 8.19. The Morgan fingerprint density at radius 3 is 2.50 bits per heavy atom. The van der Waals surface area contributed by atoms with Crippen LogP contribution in [-0.4, -0.2) is 24.6 Å². The molecule has 0 N–H and O–H groups in total. The van der Waals surface area contributed by atoms with E-state index in [9.17, 15) is 18.5 Å². The van der Waals surface area contributed by atoms with Crippen LogP contribution < -0.4 is 0 Å². The lowest BCUT2D eigenvalue weighted by atomic mass is 10.3. The molecule has 0 amide bonds. The van der Waals surface area contributed by atoms with Gasteiger partial charge in [0.05, 0.1) is 16.4 Å². The Kier molecular flexibility index (Phi) is 2.80. The quantitative estimate of drug-likeness (QED) is 0.543. The number of rotatable bonds is 3. The van der Waals surface area contributed by atoms with Crippen LogP contribution in [-0.2, 0) is 15.6 Å². The standard InChI is InChI=1S/C7H8N2O4S/c1-14(12,13)5-6-2-3-7(4-8-6)9(10)11/h2-4H,5H2,1H3. The molecule has 0 aliphatic heterocycles. The minimum Gasteiger partial charge on any atom is -0.258 e. The fourth-order valence-electron chi connectivity index (χ4n) is 0.879. The zero-order valence-electron chi connectivity index (χ0n) is 7.37. The summed E-state index contributed by atoms with van der Waals surface area (Å²) in [6.45, 7) is 0. The number of aromatic nitrogens is 1. The SMILES string of the molecule is CS(=O)(=O)Cc1ccc([N+](=O)[O-])cn1. The van der Waals surface area contributed by atoms with Gasteiger partial charge in [-0.2, -0.15) is 0 Å². The third kappa shape index (κ3) is 3.09. The fraction of sp³-hybridized carbons (Fsp3) is 0.286. The first kappa shape index (κ1) is 10.6. The van der Waals surface area contributed by atoms with Gasteiger partial charge in [-0.15, -0.1) is 0 Å². The van der Waals surface area contributed by atoms with Crippen LogP contribution in [0.2, 0.25) is 0 Å². The number of pyridine rings is 1. The molecule has 0 saturated heterocycles. The summed E-state index contributed by atoms with van der Waals surface area (Å²) in [7, 11) is -3.14. The highest BCUT2D eigenvalue weighted by Crippen LogP contribution is 2.10. The van der Waals surface area contributed by atoms with Crippen LogP contribution >= 0.6 is 0 Å². The molecule has 0 aliphatic rings. The molecule has 0 unspecified atom stereocenters. The van der Waals surface area contributed by atoms with Crippen molar-refractivity contribution in [2.45, 2.75) is 5.75 Å². The van der Waals surface area contributed by atoms with Crippen molar-refractivity contribution in [2.75, 3.05) is 6.26 Å². The van der Waals surface area contributed by atoms with Crippen LogP contribution in [0.25, 0.3) is 0 Å². The predicted octanol–water partition coefficient (Wildman–Crippen LogP) is 0.534. The molecule has 0 atom stereocenters. The van der Waals surface area contributed by atoms with Crippen molar-refractivity contribution < 1.29 is 13.3 Å². The lowest BCUT2D eigenvalue weighted by Crippen LogP contribution is -2.02. The Labute approximate surface area is 80.7 Å². The van der Waals surface area contributed by atoms with Gasteiger partial charge >= 0.3 is 0 Å². The van der Waals surface area contributed by atoms with Gasteiger partial charge in [-0.3, -0.25) is 15.1 Å². The highest BCUT2D eigenvalue weighted by molar-refractivity contribution is 7.89. The van der Waals surface area contributed by atoms with Crippen molar-refractivity contribution in [1.29, 1.82) is 0 Å². The van der Waals surface area contributed by atoms with Gasteiger partial charge in [-0.05, 0) is 6.07 Å². The average molecular weight is 216 g/mol. The molecule has 0 fully saturated rings. The third-order valence-corrected chi connectivity index (χ3v) is 2.25. The molecule has 0 bridgehead atoms. The van der Waals surface area contributed by atoms with E-state index in [-0.39, 0.29) is 11.4 Å². The van der Waals surface area contributed by atoms with Crippen molar-refractivity contribution in [3.63, 3.8) is 0 Å². The van der Waals surface area contributed by atoms with E-state index < -0.39 is 14.8 Å². The maximum Gasteiger partial charge on any atom is 0.287 e. The van der Waals surface area contributed by atoms with E-state index >= 15 is 0 Å². The molecule has 76 valence electrons. The second-order valence-corrected chi connectivity index (χ2v) is 4.98. The molecular weight excluding hydrogens is 208 g/mol. The van der Waals surface area contributed by atoms with E-state index in [4.69, 9.17) is 0 Å². The fourth-order valence-corrected chi connectivity index (χ4v) is 1.59. The normalized spacial score (nSPS) is 11.2. The molecule has 0 aromatic carbocycles. The summed E-state index contributed by atoms with van der Waals surface area (Å²) in [4.78, 5) is 13.3. The van der Waals surface area contributed by atoms with E-state index in [1.165, 1.54) is 12.1 Å². The maximum atomic E-state index is 10.8. The molecule has 1 rings (SSSR count). The van der Waals surface area contributed by atoms with E-state index in [0.717, 1.165) is 12.5 Å². The minimum atomic E-state index is -3.14. The Morgan fingerprint density at radius 1 is 1.50 bits per heavy atom. The Morgan fingerprint density at radius 2 is 2.14 bits per heavy atom. The van der Waals surface area contributed by atoms with Crippen molar-refractivity contribution >= 4 is 15.5 Å². The Hall–Kier alpha value is -1.50. The van der Waals surface area contributed by atoms with E-state index in [0.29, 0.717) is 5.69 Å². The molecule has 1 heterocycles. The highest BCUT2D eigenvalue weighted by atomic mass is 32.2. The zero-order chi connectivity index (χ0) is 10.8. The lowest BCUT2D eigenvalue weighted by molar-refractivity contribution is -0.385. The summed E-state index contributed by atoms with van der Waals surface area (Å²) < 4.78 is 21.7. The second kappa shape index (κ2) is 3.70. The van der Waals surface area contributed by atoms with Crippen molar-refractivity contribution in [2.24, 2.45) is 0 Å². The summed E-state index contributed by atoms with van der Waals surface area (Å²) >= 11 is 0. The molecule has 14 heavy (non-hydrogen) atoms. The van der Waals surface area contributed by atoms with E-state index in [2.05, 4.69) is 4.98 Å². The Balaban J connectivity index is 2.90. The topological polar surface area (TPSA) is 90.2 Å². The Bertz CT molecular complexity index is 437. The molecular formula is C7H8N2O4S. The molecule has 0 aliphatic carbocycles. The van der Waals surface area contributed by atoms with Crippen LogP contribution in [0.4, 0.5) is 5.69 Å². The summed E-state index contributed by atoms with van der Waals surface area (Å²) in [5.41, 5.74) is 0.153. The molecule has 1 aromatic heterocycles.